The van der Waals surface area contributed by atoms with Crippen LogP contribution in [0.1, 0.15) is 0 Å². The van der Waals surface area contributed by atoms with Crippen LogP contribution in [-0.4, -0.2) is 44.9 Å². The number of morpholine rings is 1. The standard InChI is InChI=1S/C20H19F2N5O3S/c21-18-6-5-17(12-19(18)22)31(28,29)26-15-3-1-14(2-4-15)24-20-11-16(13-23-25-20)27-7-9-30-10-8-27/h1-6,11-13,26H,7-10H2,(H,24,25). The number of nitrogens with one attached hydrogen (secondary N) is 2. The van der Waals surface area contributed by atoms with Crippen molar-refractivity contribution in [1.82, 2.24) is 10.2 Å². The molecule has 1 aliphatic rings. The molecule has 0 spiro atoms. The Morgan fingerprint density at radius 1 is 0.935 bits per heavy atom. The Hall–Kier alpha value is -3.31. The smallest absolute Gasteiger partial charge is 0.261 e. The first-order valence-electron chi connectivity index (χ1n) is 9.41. The summed E-state index contributed by atoms with van der Waals surface area (Å²) < 4.78 is 58.9. The summed E-state index contributed by atoms with van der Waals surface area (Å²) >= 11 is 0. The fourth-order valence-electron chi connectivity index (χ4n) is 3.04. The molecule has 0 aliphatic carbocycles. The number of sulfonamides is 1. The first kappa shape index (κ1) is 20.9. The van der Waals surface area contributed by atoms with E-state index in [2.05, 4.69) is 25.1 Å². The average molecular weight is 447 g/mol. The number of hydrogen-bond acceptors (Lipinski definition) is 7. The summed E-state index contributed by atoms with van der Waals surface area (Å²) in [5.41, 5.74) is 1.87. The second-order valence-electron chi connectivity index (χ2n) is 6.78. The molecule has 3 aromatic rings. The number of ether oxygens (including phenoxy) is 1. The molecule has 0 saturated carbocycles. The summed E-state index contributed by atoms with van der Waals surface area (Å²) in [5.74, 6) is -1.81. The summed E-state index contributed by atoms with van der Waals surface area (Å²) in [7, 11) is -4.06. The lowest BCUT2D eigenvalue weighted by molar-refractivity contribution is 0.122. The molecule has 2 N–H and O–H groups in total. The molecule has 11 heteroatoms. The quantitative estimate of drug-likeness (QED) is 0.599. The van der Waals surface area contributed by atoms with Crippen molar-refractivity contribution in [3.8, 4) is 0 Å². The van der Waals surface area contributed by atoms with Gasteiger partial charge in [-0.2, -0.15) is 5.10 Å². The van der Waals surface area contributed by atoms with Crippen molar-refractivity contribution >= 4 is 32.9 Å². The van der Waals surface area contributed by atoms with Crippen molar-refractivity contribution in [2.24, 2.45) is 0 Å². The van der Waals surface area contributed by atoms with Crippen molar-refractivity contribution in [2.75, 3.05) is 41.2 Å². The number of hydrogen-bond donors (Lipinski definition) is 2. The van der Waals surface area contributed by atoms with Crippen LogP contribution in [0.4, 0.5) is 31.7 Å². The second kappa shape index (κ2) is 8.82. The highest BCUT2D eigenvalue weighted by Crippen LogP contribution is 2.23. The number of nitrogens with zero attached hydrogens (tertiary/aromatic N) is 3. The summed E-state index contributed by atoms with van der Waals surface area (Å²) in [6, 6.07) is 10.7. The Kier molecular flexibility index (Phi) is 5.96. The zero-order valence-electron chi connectivity index (χ0n) is 16.3. The Labute approximate surface area is 177 Å². The van der Waals surface area contributed by atoms with Gasteiger partial charge < -0.3 is 15.0 Å². The van der Waals surface area contributed by atoms with E-state index in [1.54, 1.807) is 30.5 Å². The van der Waals surface area contributed by atoms with Crippen molar-refractivity contribution in [2.45, 2.75) is 4.90 Å². The van der Waals surface area contributed by atoms with Gasteiger partial charge in [-0.1, -0.05) is 0 Å². The molecular weight excluding hydrogens is 428 g/mol. The topological polar surface area (TPSA) is 96.5 Å². The van der Waals surface area contributed by atoms with Gasteiger partial charge >= 0.3 is 0 Å². The van der Waals surface area contributed by atoms with Crippen LogP contribution in [0.3, 0.4) is 0 Å². The van der Waals surface area contributed by atoms with E-state index in [4.69, 9.17) is 4.74 Å². The third-order valence-corrected chi connectivity index (χ3v) is 6.01. The maximum absolute atomic E-state index is 13.4. The fourth-order valence-corrected chi connectivity index (χ4v) is 4.11. The zero-order valence-corrected chi connectivity index (χ0v) is 17.1. The van der Waals surface area contributed by atoms with E-state index >= 15 is 0 Å². The first-order chi connectivity index (χ1) is 14.9. The van der Waals surface area contributed by atoms with Crippen LogP contribution in [0.15, 0.2) is 59.6 Å². The van der Waals surface area contributed by atoms with E-state index in [-0.39, 0.29) is 10.6 Å². The summed E-state index contributed by atoms with van der Waals surface area (Å²) in [5, 5.41) is 11.2. The Morgan fingerprint density at radius 2 is 1.65 bits per heavy atom. The molecule has 0 atom stereocenters. The molecule has 1 saturated heterocycles. The van der Waals surface area contributed by atoms with Gasteiger partial charge in [0.15, 0.2) is 17.5 Å². The fraction of sp³-hybridized carbons (Fsp3) is 0.200. The molecule has 1 fully saturated rings. The van der Waals surface area contributed by atoms with Gasteiger partial charge in [0.05, 0.1) is 30.0 Å². The SMILES string of the molecule is O=S(=O)(Nc1ccc(Nc2cc(N3CCOCC3)cnn2)cc1)c1ccc(F)c(F)c1. The van der Waals surface area contributed by atoms with Crippen molar-refractivity contribution < 1.29 is 21.9 Å². The first-order valence-corrected chi connectivity index (χ1v) is 10.9. The zero-order chi connectivity index (χ0) is 21.8. The van der Waals surface area contributed by atoms with E-state index in [1.807, 2.05) is 6.07 Å². The van der Waals surface area contributed by atoms with E-state index in [9.17, 15) is 17.2 Å². The molecule has 2 heterocycles. The van der Waals surface area contributed by atoms with Gasteiger partial charge in [-0.3, -0.25) is 4.72 Å². The van der Waals surface area contributed by atoms with Crippen LogP contribution in [-0.2, 0) is 14.8 Å². The molecule has 1 aliphatic heterocycles. The van der Waals surface area contributed by atoms with Gasteiger partial charge in [0.1, 0.15) is 0 Å². The molecule has 31 heavy (non-hydrogen) atoms. The molecule has 162 valence electrons. The predicted octanol–water partition coefficient (Wildman–Crippen LogP) is 3.14. The lowest BCUT2D eigenvalue weighted by Gasteiger charge is -2.28. The summed E-state index contributed by atoms with van der Waals surface area (Å²) in [6.07, 6.45) is 1.69. The van der Waals surface area contributed by atoms with E-state index < -0.39 is 21.7 Å². The van der Waals surface area contributed by atoms with Gasteiger partial charge in [-0.25, -0.2) is 17.2 Å². The lowest BCUT2D eigenvalue weighted by Crippen LogP contribution is -2.36. The van der Waals surface area contributed by atoms with Crippen molar-refractivity contribution in [3.63, 3.8) is 0 Å². The van der Waals surface area contributed by atoms with Crippen LogP contribution in [0.25, 0.3) is 0 Å². The Balaban J connectivity index is 1.44. The third-order valence-electron chi connectivity index (χ3n) is 4.63. The molecule has 1 aromatic heterocycles. The molecule has 0 amide bonds. The maximum Gasteiger partial charge on any atom is 0.261 e. The van der Waals surface area contributed by atoms with E-state index in [0.29, 0.717) is 30.8 Å². The normalized spacial score (nSPS) is 14.3. The largest absolute Gasteiger partial charge is 0.378 e. The van der Waals surface area contributed by atoms with Gasteiger partial charge in [-0.05, 0) is 42.5 Å². The van der Waals surface area contributed by atoms with Crippen molar-refractivity contribution in [1.29, 1.82) is 0 Å². The Bertz CT molecular complexity index is 1170. The predicted molar refractivity (Wildman–Crippen MR) is 112 cm³/mol. The second-order valence-corrected chi connectivity index (χ2v) is 8.46. The highest BCUT2D eigenvalue weighted by atomic mass is 32.2. The van der Waals surface area contributed by atoms with E-state index in [1.165, 1.54) is 0 Å². The molecule has 0 bridgehead atoms. The van der Waals surface area contributed by atoms with Gasteiger partial charge in [0.25, 0.3) is 10.0 Å². The van der Waals surface area contributed by atoms with Gasteiger partial charge in [0, 0.05) is 30.5 Å². The van der Waals surface area contributed by atoms with Crippen LogP contribution >= 0.6 is 0 Å². The lowest BCUT2D eigenvalue weighted by atomic mass is 10.3. The maximum atomic E-state index is 13.4. The average Bonchev–Trinajstić information content (AvgIpc) is 2.77. The Morgan fingerprint density at radius 3 is 2.35 bits per heavy atom. The van der Waals surface area contributed by atoms with Gasteiger partial charge in [0.2, 0.25) is 0 Å². The number of aromatic nitrogens is 2. The number of rotatable bonds is 6. The van der Waals surface area contributed by atoms with Gasteiger partial charge in [-0.15, -0.1) is 5.10 Å². The van der Waals surface area contributed by atoms with E-state index in [0.717, 1.165) is 30.9 Å². The molecule has 0 radical (unpaired) electrons. The third kappa shape index (κ3) is 5.06. The van der Waals surface area contributed by atoms with Crippen LogP contribution in [0.5, 0.6) is 0 Å². The van der Waals surface area contributed by atoms with Crippen LogP contribution in [0, 0.1) is 11.6 Å². The minimum atomic E-state index is -4.06. The number of anilines is 4. The van der Waals surface area contributed by atoms with Crippen LogP contribution in [0.2, 0.25) is 0 Å². The molecular formula is C20H19F2N5O3S. The highest BCUT2D eigenvalue weighted by Gasteiger charge is 2.17. The molecule has 0 unspecified atom stereocenters. The van der Waals surface area contributed by atoms with Crippen molar-refractivity contribution in [3.05, 3.63) is 66.4 Å². The minimum Gasteiger partial charge on any atom is -0.378 e. The monoisotopic (exact) mass is 447 g/mol. The number of benzene rings is 2. The molecule has 4 rings (SSSR count). The summed E-state index contributed by atoms with van der Waals surface area (Å²) in [4.78, 5) is 1.78. The highest BCUT2D eigenvalue weighted by molar-refractivity contribution is 7.92. The summed E-state index contributed by atoms with van der Waals surface area (Å²) in [6.45, 7) is 2.87. The number of halogens is 2. The van der Waals surface area contributed by atoms with Crippen LogP contribution < -0.4 is 14.9 Å². The minimum absolute atomic E-state index is 0.267. The molecule has 2 aromatic carbocycles. The molecule has 8 nitrogen and oxygen atoms in total.